The highest BCUT2D eigenvalue weighted by Crippen LogP contribution is 2.16. The monoisotopic (exact) mass is 547 g/mol. The van der Waals surface area contributed by atoms with Gasteiger partial charge in [-0.2, -0.15) is 8.42 Å². The van der Waals surface area contributed by atoms with E-state index in [0.29, 0.717) is 11.3 Å². The SMILES string of the molecule is Cc1ccc(S(=O)(=O)OCCc2ccc(CN=C(N)N(C(=O)OC(C)(C)C)C(=O)OC(C)(C)C)cc2)cc1. The van der Waals surface area contributed by atoms with Gasteiger partial charge in [-0.25, -0.2) is 14.6 Å². The quantitative estimate of drug-likeness (QED) is 0.293. The minimum absolute atomic E-state index is 0.0125. The number of aryl methyl sites for hydroxylation is 1. The summed E-state index contributed by atoms with van der Waals surface area (Å²) in [4.78, 5) is 30.1. The van der Waals surface area contributed by atoms with Crippen molar-refractivity contribution in [3.05, 3.63) is 65.2 Å². The fourth-order valence-corrected chi connectivity index (χ4v) is 3.88. The Morgan fingerprint density at radius 3 is 1.79 bits per heavy atom. The lowest BCUT2D eigenvalue weighted by atomic mass is 10.1. The molecule has 208 valence electrons. The Bertz CT molecular complexity index is 1210. The van der Waals surface area contributed by atoms with Gasteiger partial charge in [-0.05, 0) is 78.1 Å². The van der Waals surface area contributed by atoms with Crippen LogP contribution in [0.15, 0.2) is 58.4 Å². The molecule has 0 unspecified atom stereocenters. The molecule has 0 heterocycles. The molecule has 0 aromatic heterocycles. The number of ether oxygens (including phenoxy) is 2. The first-order valence-corrected chi connectivity index (χ1v) is 13.5. The van der Waals surface area contributed by atoms with Crippen LogP contribution >= 0.6 is 0 Å². The van der Waals surface area contributed by atoms with Crippen molar-refractivity contribution in [1.29, 1.82) is 0 Å². The van der Waals surface area contributed by atoms with Crippen molar-refractivity contribution < 1.29 is 31.7 Å². The Hall–Kier alpha value is -3.44. The van der Waals surface area contributed by atoms with Crippen LogP contribution in [0.5, 0.6) is 0 Å². The summed E-state index contributed by atoms with van der Waals surface area (Å²) >= 11 is 0. The number of benzene rings is 2. The van der Waals surface area contributed by atoms with Crippen LogP contribution < -0.4 is 5.73 Å². The summed E-state index contributed by atoms with van der Waals surface area (Å²) in [5.41, 5.74) is 6.83. The Labute approximate surface area is 224 Å². The molecule has 10 nitrogen and oxygen atoms in total. The summed E-state index contributed by atoms with van der Waals surface area (Å²) < 4.78 is 40.4. The molecule has 0 fully saturated rings. The summed E-state index contributed by atoms with van der Waals surface area (Å²) in [6, 6.07) is 13.6. The van der Waals surface area contributed by atoms with Crippen molar-refractivity contribution in [2.75, 3.05) is 6.61 Å². The molecule has 0 aliphatic heterocycles. The molecule has 0 saturated heterocycles. The topological polar surface area (TPSA) is 138 Å². The number of hydrogen-bond donors (Lipinski definition) is 1. The Morgan fingerprint density at radius 2 is 1.32 bits per heavy atom. The van der Waals surface area contributed by atoms with Crippen LogP contribution in [0, 0.1) is 6.92 Å². The molecule has 0 bridgehead atoms. The van der Waals surface area contributed by atoms with Gasteiger partial charge in [0.1, 0.15) is 11.2 Å². The maximum absolute atomic E-state index is 12.6. The predicted molar refractivity (Wildman–Crippen MR) is 144 cm³/mol. The second-order valence-corrected chi connectivity index (χ2v) is 12.2. The lowest BCUT2D eigenvalue weighted by molar-refractivity contribution is 0.0145. The largest absolute Gasteiger partial charge is 0.443 e. The van der Waals surface area contributed by atoms with Crippen LogP contribution in [0.4, 0.5) is 9.59 Å². The average molecular weight is 548 g/mol. The number of carbonyl (C=O) groups excluding carboxylic acids is 2. The van der Waals surface area contributed by atoms with E-state index in [4.69, 9.17) is 19.4 Å². The summed E-state index contributed by atoms with van der Waals surface area (Å²) in [6.45, 7) is 11.9. The predicted octanol–water partition coefficient (Wildman–Crippen LogP) is 4.93. The average Bonchev–Trinajstić information content (AvgIpc) is 2.76. The third-order valence-corrected chi connectivity index (χ3v) is 6.09. The Balaban J connectivity index is 2.03. The van der Waals surface area contributed by atoms with E-state index in [-0.39, 0.29) is 24.0 Å². The number of rotatable bonds is 7. The highest BCUT2D eigenvalue weighted by molar-refractivity contribution is 7.86. The number of guanidine groups is 1. The molecule has 0 aliphatic rings. The van der Waals surface area contributed by atoms with E-state index in [1.54, 1.807) is 65.8 Å². The second-order valence-electron chi connectivity index (χ2n) is 10.6. The zero-order chi connectivity index (χ0) is 28.7. The summed E-state index contributed by atoms with van der Waals surface area (Å²) in [7, 11) is -3.83. The molecule has 11 heteroatoms. The van der Waals surface area contributed by atoms with Crippen LogP contribution in [0.2, 0.25) is 0 Å². The van der Waals surface area contributed by atoms with E-state index in [0.717, 1.165) is 16.7 Å². The molecule has 0 spiro atoms. The molecule has 0 atom stereocenters. The zero-order valence-corrected chi connectivity index (χ0v) is 23.8. The van der Waals surface area contributed by atoms with Gasteiger partial charge in [0.15, 0.2) is 0 Å². The maximum atomic E-state index is 12.6. The van der Waals surface area contributed by atoms with E-state index in [9.17, 15) is 18.0 Å². The molecule has 38 heavy (non-hydrogen) atoms. The standard InChI is InChI=1S/C27H37N3O7S/c1-19-8-14-22(15-9-19)38(33,34)35-17-16-20-10-12-21(13-11-20)18-29-23(28)30(24(31)36-26(2,3)4)25(32)37-27(5,6)7/h8-15H,16-18H2,1-7H3,(H2,28,29). The van der Waals surface area contributed by atoms with Gasteiger partial charge < -0.3 is 15.2 Å². The van der Waals surface area contributed by atoms with Crippen LogP contribution in [0.1, 0.15) is 58.2 Å². The van der Waals surface area contributed by atoms with E-state index >= 15 is 0 Å². The molecule has 2 aromatic rings. The lowest BCUT2D eigenvalue weighted by Crippen LogP contribution is -2.50. The molecule has 2 rings (SSSR count). The van der Waals surface area contributed by atoms with Crippen LogP contribution in [0.25, 0.3) is 0 Å². The smallest absolute Gasteiger partial charge is 0.427 e. The van der Waals surface area contributed by atoms with Gasteiger partial charge in [0.25, 0.3) is 10.1 Å². The molecular formula is C27H37N3O7S. The third-order valence-electron chi connectivity index (χ3n) is 4.77. The molecule has 2 amide bonds. The molecule has 0 radical (unpaired) electrons. The van der Waals surface area contributed by atoms with Crippen molar-refractivity contribution in [2.24, 2.45) is 10.7 Å². The first-order chi connectivity index (χ1) is 17.5. The molecular weight excluding hydrogens is 510 g/mol. The number of nitrogens with two attached hydrogens (primary N) is 1. The van der Waals surface area contributed by atoms with E-state index < -0.39 is 33.5 Å². The molecule has 0 saturated carbocycles. The van der Waals surface area contributed by atoms with Gasteiger partial charge in [0.2, 0.25) is 5.96 Å². The van der Waals surface area contributed by atoms with E-state index in [2.05, 4.69) is 4.99 Å². The van der Waals surface area contributed by atoms with Gasteiger partial charge in [-0.3, -0.25) is 4.18 Å². The van der Waals surface area contributed by atoms with Gasteiger partial charge >= 0.3 is 12.2 Å². The first kappa shape index (κ1) is 30.8. The number of imide groups is 1. The van der Waals surface area contributed by atoms with Crippen molar-refractivity contribution in [3.63, 3.8) is 0 Å². The highest BCUT2D eigenvalue weighted by Gasteiger charge is 2.34. The Morgan fingerprint density at radius 1 is 0.842 bits per heavy atom. The van der Waals surface area contributed by atoms with Crippen molar-refractivity contribution >= 4 is 28.3 Å². The van der Waals surface area contributed by atoms with E-state index in [1.165, 1.54) is 12.1 Å². The highest BCUT2D eigenvalue weighted by atomic mass is 32.2. The second kappa shape index (κ2) is 12.4. The van der Waals surface area contributed by atoms with Gasteiger partial charge in [0.05, 0.1) is 18.0 Å². The Kier molecular flexibility index (Phi) is 10.0. The van der Waals surface area contributed by atoms with Gasteiger partial charge in [-0.15, -0.1) is 4.90 Å². The van der Waals surface area contributed by atoms with Gasteiger partial charge in [0, 0.05) is 0 Å². The van der Waals surface area contributed by atoms with E-state index in [1.807, 2.05) is 19.1 Å². The van der Waals surface area contributed by atoms with Crippen LogP contribution in [-0.4, -0.2) is 49.3 Å². The minimum Gasteiger partial charge on any atom is -0.443 e. The number of nitrogens with zero attached hydrogens (tertiary/aromatic N) is 2. The molecule has 2 aromatic carbocycles. The first-order valence-electron chi connectivity index (χ1n) is 12.1. The fourth-order valence-electron chi connectivity index (χ4n) is 2.97. The number of amides is 2. The normalized spacial score (nSPS) is 12.7. The van der Waals surface area contributed by atoms with Crippen LogP contribution in [0.3, 0.4) is 0 Å². The summed E-state index contributed by atoms with van der Waals surface area (Å²) in [5, 5.41) is 0. The molecule has 2 N–H and O–H groups in total. The zero-order valence-electron chi connectivity index (χ0n) is 23.0. The van der Waals surface area contributed by atoms with Crippen molar-refractivity contribution in [2.45, 2.75) is 77.5 Å². The maximum Gasteiger partial charge on any atom is 0.427 e. The summed E-state index contributed by atoms with van der Waals surface area (Å²) in [6.07, 6.45) is -1.62. The number of hydrogen-bond acceptors (Lipinski definition) is 8. The molecule has 0 aliphatic carbocycles. The fraction of sp³-hybridized carbons (Fsp3) is 0.444. The van der Waals surface area contributed by atoms with Crippen molar-refractivity contribution in [3.8, 4) is 0 Å². The number of aliphatic imine (C=N–C) groups is 1. The van der Waals surface area contributed by atoms with Crippen molar-refractivity contribution in [1.82, 2.24) is 4.90 Å². The van der Waals surface area contributed by atoms with Gasteiger partial charge in [-0.1, -0.05) is 42.0 Å². The lowest BCUT2D eigenvalue weighted by Gasteiger charge is -2.27. The summed E-state index contributed by atoms with van der Waals surface area (Å²) in [5.74, 6) is -0.368. The number of carbonyl (C=O) groups is 2. The third kappa shape index (κ3) is 10.1. The van der Waals surface area contributed by atoms with Crippen LogP contribution in [-0.2, 0) is 36.7 Å². The minimum atomic E-state index is -3.83.